The Balaban J connectivity index is 1.51. The summed E-state index contributed by atoms with van der Waals surface area (Å²) in [5, 5.41) is 8.98. The smallest absolute Gasteiger partial charge is 0.322 e. The van der Waals surface area contributed by atoms with Crippen LogP contribution >= 0.6 is 0 Å². The number of carbonyl (C=O) groups excluding carboxylic acids is 2. The van der Waals surface area contributed by atoms with Gasteiger partial charge in [-0.3, -0.25) is 4.79 Å². The fraction of sp³-hybridized carbons (Fsp3) is 0.286. The second-order valence-corrected chi connectivity index (χ2v) is 9.10. The van der Waals surface area contributed by atoms with Gasteiger partial charge in [0.05, 0.1) is 11.4 Å². The van der Waals surface area contributed by atoms with E-state index in [1.54, 1.807) is 53.4 Å². The van der Waals surface area contributed by atoms with Crippen molar-refractivity contribution < 1.29 is 18.4 Å². The Hall–Kier alpha value is -3.98. The highest BCUT2D eigenvalue weighted by Crippen LogP contribution is 2.23. The Bertz CT molecular complexity index is 1250. The van der Waals surface area contributed by atoms with Crippen molar-refractivity contribution in [3.8, 4) is 0 Å². The molecule has 2 unspecified atom stereocenters. The summed E-state index contributed by atoms with van der Waals surface area (Å²) in [6.45, 7) is 3.18. The molecule has 1 aliphatic heterocycles. The number of carbonyl (C=O) groups is 2. The Kier molecular flexibility index (Phi) is 8.35. The maximum atomic E-state index is 13.7. The molecule has 3 aromatic carbocycles. The van der Waals surface area contributed by atoms with Gasteiger partial charge in [-0.05, 0) is 67.8 Å². The molecule has 0 radical (unpaired) electrons. The molecule has 0 bridgehead atoms. The van der Waals surface area contributed by atoms with Gasteiger partial charge in [0.15, 0.2) is 11.6 Å². The Morgan fingerprint density at radius 2 is 1.81 bits per heavy atom. The number of benzene rings is 3. The van der Waals surface area contributed by atoms with Crippen LogP contribution in [-0.2, 0) is 6.54 Å². The SMILES string of the molecule is CCC(C1CCCN1)N(Cc1ccc(C(=O)Nc2ccccc2N)cc1)C(=O)Nc1ccc(F)c(F)c1. The number of rotatable bonds is 8. The summed E-state index contributed by atoms with van der Waals surface area (Å²) >= 11 is 0. The first-order chi connectivity index (χ1) is 17.9. The predicted octanol–water partition coefficient (Wildman–Crippen LogP) is 5.36. The number of urea groups is 1. The van der Waals surface area contributed by atoms with E-state index < -0.39 is 17.7 Å². The van der Waals surface area contributed by atoms with Gasteiger partial charge in [0, 0.05) is 35.9 Å². The summed E-state index contributed by atoms with van der Waals surface area (Å²) in [7, 11) is 0. The van der Waals surface area contributed by atoms with E-state index in [-0.39, 0.29) is 30.2 Å². The van der Waals surface area contributed by atoms with Crippen molar-refractivity contribution >= 4 is 29.0 Å². The third kappa shape index (κ3) is 6.42. The van der Waals surface area contributed by atoms with E-state index in [0.717, 1.165) is 37.1 Å². The second kappa shape index (κ2) is 11.8. The largest absolute Gasteiger partial charge is 0.397 e. The van der Waals surface area contributed by atoms with Crippen LogP contribution in [0.5, 0.6) is 0 Å². The minimum absolute atomic E-state index is 0.114. The highest BCUT2D eigenvalue weighted by atomic mass is 19.2. The quantitative estimate of drug-likeness (QED) is 0.308. The zero-order chi connectivity index (χ0) is 26.4. The van der Waals surface area contributed by atoms with Gasteiger partial charge in [-0.25, -0.2) is 13.6 Å². The number of halogens is 2. The first kappa shape index (κ1) is 26.1. The van der Waals surface area contributed by atoms with Gasteiger partial charge < -0.3 is 26.6 Å². The average molecular weight is 508 g/mol. The topological polar surface area (TPSA) is 99.5 Å². The van der Waals surface area contributed by atoms with Crippen LogP contribution in [0.25, 0.3) is 0 Å². The molecule has 0 aliphatic carbocycles. The molecular weight excluding hydrogens is 476 g/mol. The van der Waals surface area contributed by atoms with Gasteiger partial charge in [0.1, 0.15) is 0 Å². The fourth-order valence-corrected chi connectivity index (χ4v) is 4.63. The number of amides is 3. The number of anilines is 3. The minimum atomic E-state index is -1.03. The highest BCUT2D eigenvalue weighted by molar-refractivity contribution is 6.05. The molecule has 1 fully saturated rings. The molecule has 1 saturated heterocycles. The van der Waals surface area contributed by atoms with Crippen molar-refractivity contribution in [1.82, 2.24) is 10.2 Å². The number of nitrogens with one attached hydrogen (secondary N) is 3. The van der Waals surface area contributed by atoms with Gasteiger partial charge in [0.2, 0.25) is 0 Å². The maximum Gasteiger partial charge on any atom is 0.322 e. The monoisotopic (exact) mass is 507 g/mol. The summed E-state index contributed by atoms with van der Waals surface area (Å²) in [5.41, 5.74) is 8.38. The van der Waals surface area contributed by atoms with E-state index in [1.165, 1.54) is 6.07 Å². The van der Waals surface area contributed by atoms with Crippen LogP contribution in [0.1, 0.15) is 42.1 Å². The molecule has 3 amide bonds. The number of hydrogen-bond acceptors (Lipinski definition) is 4. The number of para-hydroxylation sites is 2. The third-order valence-corrected chi connectivity index (χ3v) is 6.59. The molecule has 9 heteroatoms. The van der Waals surface area contributed by atoms with Crippen molar-refractivity contribution in [2.75, 3.05) is 22.9 Å². The molecule has 5 N–H and O–H groups in total. The maximum absolute atomic E-state index is 13.7. The van der Waals surface area contributed by atoms with Crippen LogP contribution in [0.15, 0.2) is 66.7 Å². The van der Waals surface area contributed by atoms with E-state index in [1.807, 2.05) is 6.92 Å². The van der Waals surface area contributed by atoms with E-state index in [2.05, 4.69) is 16.0 Å². The van der Waals surface area contributed by atoms with Crippen LogP contribution in [-0.4, -0.2) is 35.5 Å². The third-order valence-electron chi connectivity index (χ3n) is 6.59. The molecule has 194 valence electrons. The van der Waals surface area contributed by atoms with Crippen molar-refractivity contribution in [2.24, 2.45) is 0 Å². The summed E-state index contributed by atoms with van der Waals surface area (Å²) in [4.78, 5) is 27.8. The van der Waals surface area contributed by atoms with Gasteiger partial charge >= 0.3 is 6.03 Å². The standard InChI is InChI=1S/C28H31F2N5O2/c1-2-26(25-8-5-15-32-25)35(28(37)33-20-13-14-21(29)22(30)16-20)17-18-9-11-19(12-10-18)27(36)34-24-7-4-3-6-23(24)31/h3-4,6-7,9-14,16,25-26,32H,2,5,8,15,17,31H2,1H3,(H,33,37)(H,34,36). The number of nitrogens with two attached hydrogens (primary N) is 1. The van der Waals surface area contributed by atoms with Crippen molar-refractivity contribution in [2.45, 2.75) is 44.8 Å². The van der Waals surface area contributed by atoms with Crippen LogP contribution < -0.4 is 21.7 Å². The van der Waals surface area contributed by atoms with Crippen molar-refractivity contribution in [3.63, 3.8) is 0 Å². The summed E-state index contributed by atoms with van der Waals surface area (Å²) < 4.78 is 27.1. The molecule has 1 aliphatic rings. The van der Waals surface area contributed by atoms with Gasteiger partial charge in [-0.2, -0.15) is 0 Å². The molecule has 3 aromatic rings. The van der Waals surface area contributed by atoms with Crippen molar-refractivity contribution in [3.05, 3.63) is 89.5 Å². The molecule has 4 rings (SSSR count). The molecule has 0 saturated carbocycles. The average Bonchev–Trinajstić information content (AvgIpc) is 3.42. The first-order valence-electron chi connectivity index (χ1n) is 12.4. The zero-order valence-corrected chi connectivity index (χ0v) is 20.6. The summed E-state index contributed by atoms with van der Waals surface area (Å²) in [5.74, 6) is -2.30. The second-order valence-electron chi connectivity index (χ2n) is 9.10. The lowest BCUT2D eigenvalue weighted by atomic mass is 10.0. The predicted molar refractivity (Wildman–Crippen MR) is 141 cm³/mol. The fourth-order valence-electron chi connectivity index (χ4n) is 4.63. The molecule has 0 spiro atoms. The lowest BCUT2D eigenvalue weighted by Gasteiger charge is -2.35. The van der Waals surface area contributed by atoms with E-state index in [9.17, 15) is 18.4 Å². The van der Waals surface area contributed by atoms with Crippen molar-refractivity contribution in [1.29, 1.82) is 0 Å². The van der Waals surface area contributed by atoms with Gasteiger partial charge in [-0.15, -0.1) is 0 Å². The Morgan fingerprint density at radius 3 is 2.46 bits per heavy atom. The molecule has 2 atom stereocenters. The first-order valence-corrected chi connectivity index (χ1v) is 12.4. The van der Waals surface area contributed by atoms with E-state index in [0.29, 0.717) is 23.4 Å². The number of nitrogens with zero attached hydrogens (tertiary/aromatic N) is 1. The van der Waals surface area contributed by atoms with Crippen LogP contribution in [0.4, 0.5) is 30.6 Å². The van der Waals surface area contributed by atoms with Crippen LogP contribution in [0.2, 0.25) is 0 Å². The van der Waals surface area contributed by atoms with E-state index >= 15 is 0 Å². The van der Waals surface area contributed by atoms with Gasteiger partial charge in [-0.1, -0.05) is 31.2 Å². The molecular formula is C28H31F2N5O2. The number of nitrogen functional groups attached to an aromatic ring is 1. The van der Waals surface area contributed by atoms with Crippen LogP contribution in [0.3, 0.4) is 0 Å². The summed E-state index contributed by atoms with van der Waals surface area (Å²) in [6, 6.07) is 16.9. The van der Waals surface area contributed by atoms with Crippen LogP contribution in [0, 0.1) is 11.6 Å². The Morgan fingerprint density at radius 1 is 1.05 bits per heavy atom. The van der Waals surface area contributed by atoms with Gasteiger partial charge in [0.25, 0.3) is 5.91 Å². The summed E-state index contributed by atoms with van der Waals surface area (Å²) in [6.07, 6.45) is 2.67. The molecule has 7 nitrogen and oxygen atoms in total. The normalized spacial score (nSPS) is 15.7. The highest BCUT2D eigenvalue weighted by Gasteiger charge is 2.31. The zero-order valence-electron chi connectivity index (χ0n) is 20.6. The molecule has 0 aromatic heterocycles. The number of hydrogen-bond donors (Lipinski definition) is 4. The lowest BCUT2D eigenvalue weighted by Crippen LogP contribution is -2.51. The van der Waals surface area contributed by atoms with E-state index in [4.69, 9.17) is 5.73 Å². The Labute approximate surface area is 215 Å². The lowest BCUT2D eigenvalue weighted by molar-refractivity contribution is 0.102. The molecule has 37 heavy (non-hydrogen) atoms. The minimum Gasteiger partial charge on any atom is -0.397 e. The molecule has 1 heterocycles.